The summed E-state index contributed by atoms with van der Waals surface area (Å²) in [5, 5.41) is 12.0. The zero-order valence-electron chi connectivity index (χ0n) is 16.0. The Kier molecular flexibility index (Phi) is 5.36. The van der Waals surface area contributed by atoms with Crippen LogP contribution in [-0.4, -0.2) is 11.2 Å². The minimum absolute atomic E-state index is 0.0756. The van der Waals surface area contributed by atoms with Crippen molar-refractivity contribution in [3.05, 3.63) is 59.2 Å². The molecule has 2 aromatic carbocycles. The second-order valence-electron chi connectivity index (χ2n) is 8.09. The van der Waals surface area contributed by atoms with Gasteiger partial charge in [0.05, 0.1) is 6.04 Å². The summed E-state index contributed by atoms with van der Waals surface area (Å²) in [6.07, 6.45) is 4.59. The van der Waals surface area contributed by atoms with Gasteiger partial charge >= 0.3 is 6.09 Å². The molecule has 1 aliphatic carbocycles. The molecule has 0 saturated carbocycles. The molecule has 26 heavy (non-hydrogen) atoms. The van der Waals surface area contributed by atoms with Crippen LogP contribution in [0.15, 0.2) is 42.5 Å². The molecule has 1 atom stereocenters. The lowest BCUT2D eigenvalue weighted by Gasteiger charge is -2.40. The molecule has 3 heteroatoms. The maximum absolute atomic E-state index is 11.2. The van der Waals surface area contributed by atoms with E-state index in [1.54, 1.807) is 0 Å². The molecule has 1 amide bonds. The summed E-state index contributed by atoms with van der Waals surface area (Å²) in [5.74, 6) is 0. The van der Waals surface area contributed by atoms with E-state index in [4.69, 9.17) is 0 Å². The van der Waals surface area contributed by atoms with Crippen LogP contribution in [0.5, 0.6) is 0 Å². The van der Waals surface area contributed by atoms with Crippen LogP contribution in [0.4, 0.5) is 4.79 Å². The van der Waals surface area contributed by atoms with Crippen molar-refractivity contribution in [3.63, 3.8) is 0 Å². The normalized spacial score (nSPS) is 18.2. The molecule has 2 N–H and O–H groups in total. The van der Waals surface area contributed by atoms with Crippen LogP contribution in [0.1, 0.15) is 62.8 Å². The van der Waals surface area contributed by atoms with Crippen molar-refractivity contribution in [2.24, 2.45) is 5.41 Å². The van der Waals surface area contributed by atoms with Crippen LogP contribution < -0.4 is 5.32 Å². The molecule has 1 aliphatic rings. The van der Waals surface area contributed by atoms with Gasteiger partial charge in [0.25, 0.3) is 0 Å². The third kappa shape index (κ3) is 3.92. The van der Waals surface area contributed by atoms with E-state index in [1.165, 1.54) is 35.1 Å². The van der Waals surface area contributed by atoms with Crippen molar-refractivity contribution in [3.8, 4) is 11.1 Å². The van der Waals surface area contributed by atoms with Gasteiger partial charge < -0.3 is 10.4 Å². The number of rotatable bonds is 5. The minimum Gasteiger partial charge on any atom is -0.465 e. The summed E-state index contributed by atoms with van der Waals surface area (Å²) in [6, 6.07) is 15.2. The summed E-state index contributed by atoms with van der Waals surface area (Å²) >= 11 is 0. The summed E-state index contributed by atoms with van der Waals surface area (Å²) in [6.45, 7) is 6.49. The van der Waals surface area contributed by atoms with Crippen LogP contribution in [0.25, 0.3) is 11.1 Å². The van der Waals surface area contributed by atoms with E-state index in [-0.39, 0.29) is 11.5 Å². The van der Waals surface area contributed by atoms with Gasteiger partial charge in [0.15, 0.2) is 0 Å². The number of aryl methyl sites for hydroxylation is 2. The van der Waals surface area contributed by atoms with Gasteiger partial charge in [-0.25, -0.2) is 4.79 Å². The number of hydrogen-bond acceptors (Lipinski definition) is 1. The Bertz CT molecular complexity index is 777. The van der Waals surface area contributed by atoms with Gasteiger partial charge in [-0.2, -0.15) is 0 Å². The van der Waals surface area contributed by atoms with E-state index < -0.39 is 6.09 Å². The summed E-state index contributed by atoms with van der Waals surface area (Å²) in [7, 11) is 0. The van der Waals surface area contributed by atoms with Crippen molar-refractivity contribution in [1.29, 1.82) is 0 Å². The molecule has 0 spiro atoms. The molecular formula is C23H29NO2. The zero-order valence-corrected chi connectivity index (χ0v) is 16.0. The summed E-state index contributed by atoms with van der Waals surface area (Å²) < 4.78 is 0. The number of nitrogens with one attached hydrogen (secondary N) is 1. The monoisotopic (exact) mass is 351 g/mol. The lowest BCUT2D eigenvalue weighted by atomic mass is 9.70. The third-order valence-corrected chi connectivity index (χ3v) is 5.65. The van der Waals surface area contributed by atoms with E-state index in [1.807, 2.05) is 0 Å². The topological polar surface area (TPSA) is 49.3 Å². The highest BCUT2D eigenvalue weighted by atomic mass is 16.4. The van der Waals surface area contributed by atoms with Crippen LogP contribution in [-0.2, 0) is 12.8 Å². The SMILES string of the molecule is CCCCc1ccc(-c2ccc3c(c2)CCC(C)(C)[C@H]3NC(=O)O)cc1. The molecule has 2 aromatic rings. The van der Waals surface area contributed by atoms with Gasteiger partial charge in [0.1, 0.15) is 0 Å². The molecular weight excluding hydrogens is 322 g/mol. The second kappa shape index (κ2) is 7.53. The molecule has 3 rings (SSSR count). The standard InChI is InChI=1S/C23H29NO2/c1-4-5-6-16-7-9-17(10-8-16)18-11-12-20-19(15-18)13-14-23(2,3)21(20)24-22(25)26/h7-12,15,21,24H,4-6,13-14H2,1-3H3,(H,25,26)/t21-/m0/s1. The van der Waals surface area contributed by atoms with Crippen LogP contribution in [0.3, 0.4) is 0 Å². The fourth-order valence-electron chi connectivity index (χ4n) is 3.95. The predicted octanol–water partition coefficient (Wildman–Crippen LogP) is 5.98. The Labute approximate surface area is 156 Å². The maximum atomic E-state index is 11.2. The highest BCUT2D eigenvalue weighted by Crippen LogP contribution is 2.44. The minimum atomic E-state index is -0.956. The maximum Gasteiger partial charge on any atom is 0.405 e. The average Bonchev–Trinajstić information content (AvgIpc) is 2.62. The fourth-order valence-corrected chi connectivity index (χ4v) is 3.95. The van der Waals surface area contributed by atoms with Gasteiger partial charge in [0.2, 0.25) is 0 Å². The molecule has 0 heterocycles. The van der Waals surface area contributed by atoms with Crippen molar-refractivity contribution >= 4 is 6.09 Å². The van der Waals surface area contributed by atoms with E-state index in [0.29, 0.717) is 0 Å². The van der Waals surface area contributed by atoms with E-state index in [9.17, 15) is 9.90 Å². The van der Waals surface area contributed by atoms with Crippen molar-refractivity contribution < 1.29 is 9.90 Å². The molecule has 0 saturated heterocycles. The second-order valence-corrected chi connectivity index (χ2v) is 8.09. The molecule has 0 aliphatic heterocycles. The van der Waals surface area contributed by atoms with Crippen molar-refractivity contribution in [2.75, 3.05) is 0 Å². The molecule has 0 bridgehead atoms. The lowest BCUT2D eigenvalue weighted by molar-refractivity contribution is 0.161. The molecule has 3 nitrogen and oxygen atoms in total. The van der Waals surface area contributed by atoms with E-state index in [0.717, 1.165) is 24.8 Å². The first kappa shape index (κ1) is 18.5. The zero-order chi connectivity index (χ0) is 18.7. The van der Waals surface area contributed by atoms with Gasteiger partial charge in [-0.15, -0.1) is 0 Å². The number of unbranched alkanes of at least 4 members (excludes halogenated alkanes) is 1. The van der Waals surface area contributed by atoms with Crippen LogP contribution >= 0.6 is 0 Å². The smallest absolute Gasteiger partial charge is 0.405 e. The third-order valence-electron chi connectivity index (χ3n) is 5.65. The molecule has 0 radical (unpaired) electrons. The molecule has 0 fully saturated rings. The number of hydrogen-bond donors (Lipinski definition) is 2. The predicted molar refractivity (Wildman–Crippen MR) is 106 cm³/mol. The first-order chi connectivity index (χ1) is 12.4. The van der Waals surface area contributed by atoms with Gasteiger partial charge in [0, 0.05) is 0 Å². The van der Waals surface area contributed by atoms with E-state index >= 15 is 0 Å². The van der Waals surface area contributed by atoms with Crippen LogP contribution in [0.2, 0.25) is 0 Å². The van der Waals surface area contributed by atoms with Gasteiger partial charge in [-0.1, -0.05) is 69.7 Å². The summed E-state index contributed by atoms with van der Waals surface area (Å²) in [4.78, 5) is 11.2. The highest BCUT2D eigenvalue weighted by molar-refractivity contribution is 5.68. The quantitative estimate of drug-likeness (QED) is 0.696. The largest absolute Gasteiger partial charge is 0.465 e. The Hall–Kier alpha value is -2.29. The average molecular weight is 351 g/mol. The van der Waals surface area contributed by atoms with Gasteiger partial charge in [-0.05, 0) is 58.9 Å². The number of amides is 1. The first-order valence-electron chi connectivity index (χ1n) is 9.62. The molecule has 0 unspecified atom stereocenters. The van der Waals surface area contributed by atoms with Crippen LogP contribution in [0, 0.1) is 5.41 Å². The number of carboxylic acid groups (broad SMARTS) is 1. The molecule has 138 valence electrons. The number of fused-ring (bicyclic) bond motifs is 1. The fraction of sp³-hybridized carbons (Fsp3) is 0.435. The Balaban J connectivity index is 1.88. The summed E-state index contributed by atoms with van der Waals surface area (Å²) in [5.41, 5.74) is 6.12. The Morgan fingerprint density at radius 2 is 1.85 bits per heavy atom. The molecule has 0 aromatic heterocycles. The highest BCUT2D eigenvalue weighted by Gasteiger charge is 2.36. The number of benzene rings is 2. The van der Waals surface area contributed by atoms with Crippen molar-refractivity contribution in [1.82, 2.24) is 5.32 Å². The number of carbonyl (C=O) groups is 1. The van der Waals surface area contributed by atoms with Gasteiger partial charge in [-0.3, -0.25) is 0 Å². The van der Waals surface area contributed by atoms with Crippen molar-refractivity contribution in [2.45, 2.75) is 58.9 Å². The lowest BCUT2D eigenvalue weighted by Crippen LogP contribution is -2.40. The Morgan fingerprint density at radius 3 is 2.50 bits per heavy atom. The first-order valence-corrected chi connectivity index (χ1v) is 9.62. The van der Waals surface area contributed by atoms with E-state index in [2.05, 4.69) is 68.6 Å². The Morgan fingerprint density at radius 1 is 1.15 bits per heavy atom.